The Morgan fingerprint density at radius 2 is 1.84 bits per heavy atom. The lowest BCUT2D eigenvalue weighted by molar-refractivity contribution is -0.125. The highest BCUT2D eigenvalue weighted by molar-refractivity contribution is 6.02. The van der Waals surface area contributed by atoms with Gasteiger partial charge in [0.25, 0.3) is 5.91 Å². The molecule has 3 heterocycles. The first kappa shape index (κ1) is 21.1. The summed E-state index contributed by atoms with van der Waals surface area (Å²) in [6.07, 6.45) is 13.2. The van der Waals surface area contributed by atoms with Gasteiger partial charge in [-0.15, -0.1) is 0 Å². The fourth-order valence-corrected chi connectivity index (χ4v) is 3.45. The fourth-order valence-electron chi connectivity index (χ4n) is 3.45. The summed E-state index contributed by atoms with van der Waals surface area (Å²) in [5.74, 6) is -0.00220. The molecule has 0 spiro atoms. The van der Waals surface area contributed by atoms with Gasteiger partial charge >= 0.3 is 0 Å². The van der Waals surface area contributed by atoms with Gasteiger partial charge in [-0.1, -0.05) is 36.4 Å². The van der Waals surface area contributed by atoms with Crippen LogP contribution in [0.4, 0.5) is 5.82 Å². The average Bonchev–Trinajstić information content (AvgIpc) is 3.11. The molecule has 0 fully saturated rings. The van der Waals surface area contributed by atoms with Crippen LogP contribution in [0, 0.1) is 0 Å². The number of pyridine rings is 1. The Balaban J connectivity index is 1.31. The van der Waals surface area contributed by atoms with Crippen LogP contribution in [-0.4, -0.2) is 44.8 Å². The summed E-state index contributed by atoms with van der Waals surface area (Å²) in [7, 11) is 0. The Hall–Kier alpha value is -4.13. The molecule has 160 valence electrons. The maximum atomic E-state index is 12.7. The number of carbonyl (C=O) groups excluding carboxylic acids is 2. The van der Waals surface area contributed by atoms with Crippen LogP contribution in [0.3, 0.4) is 0 Å². The van der Waals surface area contributed by atoms with Crippen LogP contribution in [0.15, 0.2) is 79.4 Å². The maximum absolute atomic E-state index is 12.7. The van der Waals surface area contributed by atoms with Crippen molar-refractivity contribution in [1.82, 2.24) is 19.9 Å². The van der Waals surface area contributed by atoms with Crippen LogP contribution in [-0.2, 0) is 4.79 Å². The lowest BCUT2D eigenvalue weighted by Gasteiger charge is -2.18. The van der Waals surface area contributed by atoms with Gasteiger partial charge in [0, 0.05) is 37.8 Å². The Morgan fingerprint density at radius 3 is 2.59 bits per heavy atom. The molecule has 3 aromatic rings. The number of aromatic nitrogens is 3. The molecular formula is C25H23N5O2. The highest BCUT2D eigenvalue weighted by atomic mass is 16.2. The van der Waals surface area contributed by atoms with Gasteiger partial charge in [-0.25, -0.2) is 9.97 Å². The Labute approximate surface area is 186 Å². The molecule has 7 heteroatoms. The van der Waals surface area contributed by atoms with Gasteiger partial charge in [-0.3, -0.25) is 14.6 Å². The summed E-state index contributed by atoms with van der Waals surface area (Å²) in [5, 5.41) is 2.67. The number of rotatable bonds is 5. The second-order valence-corrected chi connectivity index (χ2v) is 7.31. The summed E-state index contributed by atoms with van der Waals surface area (Å²) in [6, 6.07) is 13.8. The van der Waals surface area contributed by atoms with E-state index in [-0.39, 0.29) is 17.5 Å². The molecule has 0 bridgehead atoms. The first-order chi connectivity index (χ1) is 15.7. The molecule has 4 rings (SSSR count). The largest absolute Gasteiger partial charge is 0.339 e. The third-order valence-electron chi connectivity index (χ3n) is 5.14. The number of nitrogens with zero attached hydrogens (tertiary/aromatic N) is 4. The smallest absolute Gasteiger partial charge is 0.277 e. The number of amides is 2. The van der Waals surface area contributed by atoms with Gasteiger partial charge in [-0.05, 0) is 47.8 Å². The first-order valence-corrected chi connectivity index (χ1v) is 10.4. The van der Waals surface area contributed by atoms with Gasteiger partial charge in [-0.2, -0.15) is 0 Å². The second-order valence-electron chi connectivity index (χ2n) is 7.31. The summed E-state index contributed by atoms with van der Waals surface area (Å²) in [6.45, 7) is 1.39. The normalized spacial score (nSPS) is 14.0. The lowest BCUT2D eigenvalue weighted by atomic mass is 10.0. The summed E-state index contributed by atoms with van der Waals surface area (Å²) in [4.78, 5) is 38.7. The minimum atomic E-state index is -0.381. The summed E-state index contributed by atoms with van der Waals surface area (Å²) >= 11 is 0. The van der Waals surface area contributed by atoms with Crippen molar-refractivity contribution < 1.29 is 9.59 Å². The van der Waals surface area contributed by atoms with Crippen molar-refractivity contribution in [3.05, 3.63) is 96.2 Å². The predicted molar refractivity (Wildman–Crippen MR) is 123 cm³/mol. The third-order valence-corrected chi connectivity index (χ3v) is 5.14. The van der Waals surface area contributed by atoms with E-state index in [4.69, 9.17) is 0 Å². The number of nitrogens with one attached hydrogen (secondary N) is 1. The number of anilines is 1. The fraction of sp³-hybridized carbons (Fsp3) is 0.160. The minimum absolute atomic E-state index is 0.0206. The third kappa shape index (κ3) is 5.51. The molecule has 1 aromatic carbocycles. The van der Waals surface area contributed by atoms with Crippen LogP contribution in [0.1, 0.15) is 34.5 Å². The van der Waals surface area contributed by atoms with E-state index in [1.165, 1.54) is 29.7 Å². The van der Waals surface area contributed by atoms with Crippen molar-refractivity contribution >= 4 is 29.3 Å². The Morgan fingerprint density at radius 1 is 0.969 bits per heavy atom. The lowest BCUT2D eigenvalue weighted by Crippen LogP contribution is -2.30. The molecule has 2 amide bonds. The average molecular weight is 425 g/mol. The maximum Gasteiger partial charge on any atom is 0.277 e. The number of hydrogen-bond acceptors (Lipinski definition) is 5. The van der Waals surface area contributed by atoms with E-state index in [1.807, 2.05) is 23.1 Å². The second kappa shape index (κ2) is 10.3. The summed E-state index contributed by atoms with van der Waals surface area (Å²) < 4.78 is 0. The topological polar surface area (TPSA) is 88.1 Å². The predicted octanol–water partition coefficient (Wildman–Crippen LogP) is 3.84. The van der Waals surface area contributed by atoms with E-state index in [0.717, 1.165) is 18.4 Å². The zero-order valence-corrected chi connectivity index (χ0v) is 17.5. The monoisotopic (exact) mass is 425 g/mol. The molecule has 0 atom stereocenters. The molecule has 0 unspecified atom stereocenters. The van der Waals surface area contributed by atoms with Gasteiger partial charge in [0.05, 0.1) is 6.20 Å². The Kier molecular flexibility index (Phi) is 6.77. The zero-order chi connectivity index (χ0) is 22.2. The van der Waals surface area contributed by atoms with Gasteiger partial charge in [0.2, 0.25) is 5.91 Å². The van der Waals surface area contributed by atoms with E-state index < -0.39 is 0 Å². The molecule has 0 saturated heterocycles. The molecule has 1 aliphatic heterocycles. The standard InChI is InChI=1S/C25H23N5O2/c31-24(30-15-4-7-21(12-16-30)20-5-2-1-3-6-20)11-9-19-8-10-23(28-17-19)29-25(32)22-18-26-13-14-27-22/h1-3,5-11,13-14,17-18H,4,12,15-16H2,(H,28,29,32). The van der Waals surface area contributed by atoms with Crippen molar-refractivity contribution in [2.75, 3.05) is 18.4 Å². The molecule has 1 N–H and O–H groups in total. The Bertz CT molecular complexity index is 1130. The molecule has 32 heavy (non-hydrogen) atoms. The SMILES string of the molecule is O=C(Nc1ccc(C=CC(=O)N2CCC=C(c3ccccc3)CC2)cn1)c1cnccn1. The van der Waals surface area contributed by atoms with E-state index in [1.54, 1.807) is 30.5 Å². The molecule has 0 saturated carbocycles. The van der Waals surface area contributed by atoms with E-state index in [0.29, 0.717) is 18.9 Å². The highest BCUT2D eigenvalue weighted by Gasteiger charge is 2.15. The quantitative estimate of drug-likeness (QED) is 0.628. The molecule has 7 nitrogen and oxygen atoms in total. The number of benzene rings is 1. The number of carbonyl (C=O) groups is 2. The van der Waals surface area contributed by atoms with Crippen molar-refractivity contribution in [2.45, 2.75) is 12.8 Å². The zero-order valence-electron chi connectivity index (χ0n) is 17.5. The van der Waals surface area contributed by atoms with Crippen molar-refractivity contribution in [2.24, 2.45) is 0 Å². The van der Waals surface area contributed by atoms with Crippen LogP contribution in [0.2, 0.25) is 0 Å². The van der Waals surface area contributed by atoms with Crippen molar-refractivity contribution in [1.29, 1.82) is 0 Å². The summed E-state index contributed by atoms with van der Waals surface area (Å²) in [5.41, 5.74) is 3.49. The van der Waals surface area contributed by atoms with Crippen LogP contribution in [0.5, 0.6) is 0 Å². The van der Waals surface area contributed by atoms with Gasteiger partial charge in [0.15, 0.2) is 0 Å². The van der Waals surface area contributed by atoms with Crippen LogP contribution < -0.4 is 5.32 Å². The van der Waals surface area contributed by atoms with E-state index in [9.17, 15) is 9.59 Å². The first-order valence-electron chi connectivity index (χ1n) is 10.4. The molecule has 1 aliphatic rings. The van der Waals surface area contributed by atoms with Gasteiger partial charge < -0.3 is 10.2 Å². The number of hydrogen-bond donors (Lipinski definition) is 1. The highest BCUT2D eigenvalue weighted by Crippen LogP contribution is 2.22. The molecule has 0 radical (unpaired) electrons. The van der Waals surface area contributed by atoms with E-state index in [2.05, 4.69) is 38.5 Å². The van der Waals surface area contributed by atoms with E-state index >= 15 is 0 Å². The molecule has 0 aliphatic carbocycles. The van der Waals surface area contributed by atoms with Crippen LogP contribution in [0.25, 0.3) is 11.6 Å². The van der Waals surface area contributed by atoms with Crippen LogP contribution >= 0.6 is 0 Å². The van der Waals surface area contributed by atoms with Crippen molar-refractivity contribution in [3.63, 3.8) is 0 Å². The van der Waals surface area contributed by atoms with Crippen molar-refractivity contribution in [3.8, 4) is 0 Å². The minimum Gasteiger partial charge on any atom is -0.339 e. The van der Waals surface area contributed by atoms with Gasteiger partial charge in [0.1, 0.15) is 11.5 Å². The molecular weight excluding hydrogens is 402 g/mol. The molecule has 2 aromatic heterocycles.